The molecule has 0 atom stereocenters. The van der Waals surface area contributed by atoms with E-state index in [9.17, 15) is 0 Å². The zero-order chi connectivity index (χ0) is 33.0. The van der Waals surface area contributed by atoms with Crippen molar-refractivity contribution < 1.29 is 0 Å². The molecule has 232 valence electrons. The van der Waals surface area contributed by atoms with Crippen molar-refractivity contribution in [1.29, 1.82) is 0 Å². The summed E-state index contributed by atoms with van der Waals surface area (Å²) < 4.78 is 0. The second kappa shape index (κ2) is 11.5. The van der Waals surface area contributed by atoms with E-state index >= 15 is 0 Å². The van der Waals surface area contributed by atoms with Gasteiger partial charge in [-0.05, 0) is 67.4 Å². The summed E-state index contributed by atoms with van der Waals surface area (Å²) in [5, 5.41) is 2.60. The maximum absolute atomic E-state index is 4.92. The quantitative estimate of drug-likeness (QED) is 0.191. The average molecular weight is 628 g/mol. The number of hydrogen-bond donors (Lipinski definition) is 0. The summed E-state index contributed by atoms with van der Waals surface area (Å²) >= 11 is 0. The Hall–Kier alpha value is -6.19. The number of benzene rings is 7. The minimum absolute atomic E-state index is 0.0925. The van der Waals surface area contributed by atoms with Crippen LogP contribution in [0.3, 0.4) is 0 Å². The lowest BCUT2D eigenvalue weighted by molar-refractivity contribution is 0.666. The smallest absolute Gasteiger partial charge is 0.164 e. The van der Waals surface area contributed by atoms with Crippen LogP contribution in [0.25, 0.3) is 78.3 Å². The van der Waals surface area contributed by atoms with Crippen molar-refractivity contribution in [2.24, 2.45) is 0 Å². The third-order valence-electron chi connectivity index (χ3n) is 9.89. The summed E-state index contributed by atoms with van der Waals surface area (Å²) in [5.74, 6) is 1.98. The van der Waals surface area contributed by atoms with Crippen LogP contribution < -0.4 is 0 Å². The second-order valence-corrected chi connectivity index (χ2v) is 13.3. The van der Waals surface area contributed by atoms with E-state index in [-0.39, 0.29) is 5.41 Å². The average Bonchev–Trinajstić information content (AvgIpc) is 3.42. The van der Waals surface area contributed by atoms with Gasteiger partial charge in [0.15, 0.2) is 17.5 Å². The maximum Gasteiger partial charge on any atom is 0.164 e. The lowest BCUT2D eigenvalue weighted by atomic mass is 9.79. The Kier molecular flexibility index (Phi) is 6.80. The predicted molar refractivity (Wildman–Crippen MR) is 202 cm³/mol. The number of aromatic nitrogens is 3. The topological polar surface area (TPSA) is 38.7 Å². The Labute approximate surface area is 286 Å². The second-order valence-electron chi connectivity index (χ2n) is 13.3. The van der Waals surface area contributed by atoms with Crippen molar-refractivity contribution in [3.05, 3.63) is 175 Å². The molecular formula is C46H33N3. The van der Waals surface area contributed by atoms with E-state index in [0.29, 0.717) is 17.5 Å². The van der Waals surface area contributed by atoms with Gasteiger partial charge < -0.3 is 0 Å². The van der Waals surface area contributed by atoms with Gasteiger partial charge in [0.1, 0.15) is 0 Å². The van der Waals surface area contributed by atoms with E-state index in [1.54, 1.807) is 0 Å². The summed E-state index contributed by atoms with van der Waals surface area (Å²) in [6.45, 7) is 4.73. The molecule has 0 unspecified atom stereocenters. The summed E-state index contributed by atoms with van der Waals surface area (Å²) in [6, 6.07) is 57.8. The van der Waals surface area contributed by atoms with Gasteiger partial charge in [0.2, 0.25) is 0 Å². The highest BCUT2D eigenvalue weighted by atomic mass is 15.0. The van der Waals surface area contributed by atoms with Crippen LogP contribution in [0.15, 0.2) is 164 Å². The van der Waals surface area contributed by atoms with E-state index in [1.165, 1.54) is 49.7 Å². The van der Waals surface area contributed by atoms with Gasteiger partial charge in [-0.3, -0.25) is 0 Å². The fraction of sp³-hybridized carbons (Fsp3) is 0.0652. The molecule has 3 heteroatoms. The Morgan fingerprint density at radius 2 is 0.898 bits per heavy atom. The molecule has 0 saturated heterocycles. The van der Waals surface area contributed by atoms with E-state index in [4.69, 9.17) is 15.0 Å². The Morgan fingerprint density at radius 1 is 0.388 bits per heavy atom. The zero-order valence-corrected chi connectivity index (χ0v) is 27.4. The van der Waals surface area contributed by atoms with Crippen LogP contribution in [0.4, 0.5) is 0 Å². The van der Waals surface area contributed by atoms with Gasteiger partial charge in [-0.25, -0.2) is 15.0 Å². The first kappa shape index (κ1) is 29.0. The maximum atomic E-state index is 4.92. The van der Waals surface area contributed by atoms with Crippen LogP contribution in [0.1, 0.15) is 25.0 Å². The zero-order valence-electron chi connectivity index (χ0n) is 27.4. The Morgan fingerprint density at radius 3 is 1.57 bits per heavy atom. The van der Waals surface area contributed by atoms with Crippen molar-refractivity contribution in [2.75, 3.05) is 0 Å². The monoisotopic (exact) mass is 627 g/mol. The highest BCUT2D eigenvalue weighted by molar-refractivity contribution is 6.05. The van der Waals surface area contributed by atoms with Crippen LogP contribution in [0.5, 0.6) is 0 Å². The SMILES string of the molecule is CC1(C)c2ccccc2-c2c(-c3cccc(-c4ccc(-c5nc(-c6ccccc6)nc(-c6ccccc6)n5)cc4)c3)cc3ccccc3c21. The van der Waals surface area contributed by atoms with E-state index in [2.05, 4.69) is 117 Å². The van der Waals surface area contributed by atoms with Crippen LogP contribution in [-0.2, 0) is 5.41 Å². The number of nitrogens with zero attached hydrogens (tertiary/aromatic N) is 3. The van der Waals surface area contributed by atoms with E-state index in [1.807, 2.05) is 60.7 Å². The van der Waals surface area contributed by atoms with E-state index < -0.39 is 0 Å². The third-order valence-corrected chi connectivity index (χ3v) is 9.89. The molecule has 0 aliphatic heterocycles. The predicted octanol–water partition coefficient (Wildman–Crippen LogP) is 11.7. The standard InChI is InChI=1S/C46H33N3/c1-46(2)40-23-12-11-22-38(40)41-39(29-36-18-9-10-21-37(36)42(41)46)35-20-13-19-34(28-35)30-24-26-33(27-25-30)45-48-43(31-14-5-3-6-15-31)47-44(49-45)32-16-7-4-8-17-32/h3-29H,1-2H3. The summed E-state index contributed by atoms with van der Waals surface area (Å²) in [4.78, 5) is 14.7. The van der Waals surface area contributed by atoms with Crippen molar-refractivity contribution >= 4 is 10.8 Å². The van der Waals surface area contributed by atoms with Gasteiger partial charge in [-0.2, -0.15) is 0 Å². The lowest BCUT2D eigenvalue weighted by Gasteiger charge is -2.24. The normalized spacial score (nSPS) is 12.9. The molecule has 49 heavy (non-hydrogen) atoms. The first-order chi connectivity index (χ1) is 24.0. The first-order valence-electron chi connectivity index (χ1n) is 16.8. The molecule has 0 amide bonds. The van der Waals surface area contributed by atoms with Crippen LogP contribution >= 0.6 is 0 Å². The van der Waals surface area contributed by atoms with Gasteiger partial charge in [0.05, 0.1) is 0 Å². The lowest BCUT2D eigenvalue weighted by Crippen LogP contribution is -2.15. The van der Waals surface area contributed by atoms with Gasteiger partial charge in [-0.15, -0.1) is 0 Å². The molecule has 1 aromatic heterocycles. The Balaban J connectivity index is 1.13. The van der Waals surface area contributed by atoms with Gasteiger partial charge in [-0.1, -0.05) is 166 Å². The van der Waals surface area contributed by atoms with Crippen LogP contribution in [0.2, 0.25) is 0 Å². The highest BCUT2D eigenvalue weighted by Crippen LogP contribution is 2.54. The van der Waals surface area contributed by atoms with E-state index in [0.717, 1.165) is 22.3 Å². The van der Waals surface area contributed by atoms with Crippen LogP contribution in [-0.4, -0.2) is 15.0 Å². The minimum atomic E-state index is -0.0925. The number of fused-ring (bicyclic) bond motifs is 5. The first-order valence-corrected chi connectivity index (χ1v) is 16.8. The van der Waals surface area contributed by atoms with Crippen molar-refractivity contribution in [3.63, 3.8) is 0 Å². The van der Waals surface area contributed by atoms with Crippen molar-refractivity contribution in [3.8, 4) is 67.5 Å². The molecule has 1 aliphatic rings. The number of hydrogen-bond acceptors (Lipinski definition) is 3. The fourth-order valence-electron chi connectivity index (χ4n) is 7.50. The molecule has 0 radical (unpaired) electrons. The molecule has 1 heterocycles. The fourth-order valence-corrected chi connectivity index (χ4v) is 7.50. The molecule has 0 fully saturated rings. The van der Waals surface area contributed by atoms with Crippen LogP contribution in [0, 0.1) is 0 Å². The summed E-state index contributed by atoms with van der Waals surface area (Å²) in [7, 11) is 0. The number of rotatable bonds is 5. The third kappa shape index (κ3) is 4.94. The molecule has 8 aromatic rings. The van der Waals surface area contributed by atoms with Gasteiger partial charge in [0, 0.05) is 22.1 Å². The molecule has 0 bridgehead atoms. The highest BCUT2D eigenvalue weighted by Gasteiger charge is 2.38. The molecular weight excluding hydrogens is 595 g/mol. The molecule has 0 N–H and O–H groups in total. The largest absolute Gasteiger partial charge is 0.208 e. The molecule has 9 rings (SSSR count). The molecule has 1 aliphatic carbocycles. The molecule has 3 nitrogen and oxygen atoms in total. The van der Waals surface area contributed by atoms with Gasteiger partial charge >= 0.3 is 0 Å². The van der Waals surface area contributed by atoms with Gasteiger partial charge in [0.25, 0.3) is 0 Å². The van der Waals surface area contributed by atoms with Crippen molar-refractivity contribution in [2.45, 2.75) is 19.3 Å². The molecule has 0 spiro atoms. The molecule has 0 saturated carbocycles. The summed E-state index contributed by atoms with van der Waals surface area (Å²) in [6.07, 6.45) is 0. The summed E-state index contributed by atoms with van der Waals surface area (Å²) in [5.41, 5.74) is 13.1. The van der Waals surface area contributed by atoms with Crippen molar-refractivity contribution in [1.82, 2.24) is 15.0 Å². The minimum Gasteiger partial charge on any atom is -0.208 e. The molecule has 7 aromatic carbocycles. The Bertz CT molecular complexity index is 2440.